The van der Waals surface area contributed by atoms with Crippen LogP contribution in [-0.4, -0.2) is 52.7 Å². The van der Waals surface area contributed by atoms with Gasteiger partial charge >= 0.3 is 0 Å². The first-order valence-corrected chi connectivity index (χ1v) is 8.41. The van der Waals surface area contributed by atoms with E-state index in [-0.39, 0.29) is 9.92 Å². The topological polar surface area (TPSA) is 58.6 Å². The number of nitrogens with one attached hydrogen (secondary N) is 1. The number of aryl methyl sites for hydroxylation is 1. The lowest BCUT2D eigenvalue weighted by Crippen LogP contribution is -2.41. The lowest BCUT2D eigenvalue weighted by molar-refractivity contribution is 0.0390. The van der Waals surface area contributed by atoms with Crippen molar-refractivity contribution in [1.29, 1.82) is 0 Å². The van der Waals surface area contributed by atoms with Gasteiger partial charge in [-0.1, -0.05) is 17.7 Å². The number of nitrogens with zero attached hydrogens (tertiary/aromatic N) is 1. The number of halogens is 1. The van der Waals surface area contributed by atoms with Gasteiger partial charge in [-0.15, -0.1) is 0 Å². The number of hydrogen-bond donors (Lipinski definition) is 1. The molecule has 0 saturated carbocycles. The maximum Gasteiger partial charge on any atom is 0.242 e. The van der Waals surface area contributed by atoms with Crippen LogP contribution >= 0.6 is 11.6 Å². The molecule has 1 aromatic rings. The second kappa shape index (κ2) is 6.87. The Morgan fingerprint density at radius 3 is 2.70 bits per heavy atom. The molecular weight excluding hydrogens is 300 g/mol. The first-order chi connectivity index (χ1) is 9.49. The summed E-state index contributed by atoms with van der Waals surface area (Å²) < 4.78 is 32.2. The zero-order chi connectivity index (χ0) is 14.6. The van der Waals surface area contributed by atoms with E-state index >= 15 is 0 Å². The summed E-state index contributed by atoms with van der Waals surface area (Å²) in [5.41, 5.74) is 0.933. The Morgan fingerprint density at radius 1 is 1.35 bits per heavy atom. The molecule has 0 bridgehead atoms. The summed E-state index contributed by atoms with van der Waals surface area (Å²) in [6, 6.07) is 4.93. The van der Waals surface area contributed by atoms with Crippen molar-refractivity contribution in [1.82, 2.24) is 9.62 Å². The lowest BCUT2D eigenvalue weighted by atomic mass is 10.2. The summed E-state index contributed by atoms with van der Waals surface area (Å²) >= 11 is 6.00. The van der Waals surface area contributed by atoms with Gasteiger partial charge in [-0.3, -0.25) is 4.90 Å². The van der Waals surface area contributed by atoms with Crippen molar-refractivity contribution >= 4 is 21.6 Å². The fourth-order valence-corrected chi connectivity index (χ4v) is 3.68. The zero-order valence-electron chi connectivity index (χ0n) is 11.4. The van der Waals surface area contributed by atoms with Gasteiger partial charge in [0.1, 0.15) is 4.90 Å². The highest BCUT2D eigenvalue weighted by molar-refractivity contribution is 7.89. The van der Waals surface area contributed by atoms with Gasteiger partial charge in [-0.25, -0.2) is 13.1 Å². The Bertz CT molecular complexity index is 557. The standard InChI is InChI=1S/C13H19ClN2O3S/c1-11-2-3-13(12(14)10-11)20(17,18)15-4-5-16-6-8-19-9-7-16/h2-3,10,15H,4-9H2,1H3. The molecule has 1 aromatic carbocycles. The molecule has 1 heterocycles. The third-order valence-corrected chi connectivity index (χ3v) is 5.14. The van der Waals surface area contributed by atoms with Crippen molar-refractivity contribution in [3.63, 3.8) is 0 Å². The predicted octanol–water partition coefficient (Wildman–Crippen LogP) is 1.26. The molecule has 5 nitrogen and oxygen atoms in total. The van der Waals surface area contributed by atoms with Crippen LogP contribution in [0.25, 0.3) is 0 Å². The third-order valence-electron chi connectivity index (χ3n) is 3.20. The van der Waals surface area contributed by atoms with E-state index in [2.05, 4.69) is 9.62 Å². The van der Waals surface area contributed by atoms with Crippen molar-refractivity contribution in [2.45, 2.75) is 11.8 Å². The fraction of sp³-hybridized carbons (Fsp3) is 0.538. The Labute approximate surface area is 124 Å². The maximum atomic E-state index is 12.2. The minimum atomic E-state index is -3.55. The molecular formula is C13H19ClN2O3S. The molecule has 0 radical (unpaired) electrons. The van der Waals surface area contributed by atoms with E-state index < -0.39 is 10.0 Å². The van der Waals surface area contributed by atoms with E-state index in [4.69, 9.17) is 16.3 Å². The summed E-state index contributed by atoms with van der Waals surface area (Å²) in [5, 5.41) is 0.254. The molecule has 112 valence electrons. The number of hydrogen-bond acceptors (Lipinski definition) is 4. The van der Waals surface area contributed by atoms with Crippen LogP contribution in [0.4, 0.5) is 0 Å². The Morgan fingerprint density at radius 2 is 2.05 bits per heavy atom. The Hall–Kier alpha value is -0.660. The van der Waals surface area contributed by atoms with Crippen LogP contribution in [0, 0.1) is 6.92 Å². The molecule has 20 heavy (non-hydrogen) atoms. The molecule has 2 rings (SSSR count). The van der Waals surface area contributed by atoms with Crippen LogP contribution in [-0.2, 0) is 14.8 Å². The van der Waals surface area contributed by atoms with Gasteiger partial charge in [-0.2, -0.15) is 0 Å². The van der Waals surface area contributed by atoms with Gasteiger partial charge in [0, 0.05) is 26.2 Å². The van der Waals surface area contributed by atoms with Crippen LogP contribution < -0.4 is 4.72 Å². The van der Waals surface area contributed by atoms with E-state index in [9.17, 15) is 8.42 Å². The number of benzene rings is 1. The molecule has 1 saturated heterocycles. The third kappa shape index (κ3) is 4.17. The highest BCUT2D eigenvalue weighted by Crippen LogP contribution is 2.22. The lowest BCUT2D eigenvalue weighted by Gasteiger charge is -2.26. The normalized spacial score (nSPS) is 17.3. The van der Waals surface area contributed by atoms with Crippen molar-refractivity contribution in [3.05, 3.63) is 28.8 Å². The monoisotopic (exact) mass is 318 g/mol. The maximum absolute atomic E-state index is 12.2. The van der Waals surface area contributed by atoms with Crippen LogP contribution in [0.15, 0.2) is 23.1 Å². The van der Waals surface area contributed by atoms with Crippen LogP contribution in [0.3, 0.4) is 0 Å². The highest BCUT2D eigenvalue weighted by Gasteiger charge is 2.18. The summed E-state index contributed by atoms with van der Waals surface area (Å²) in [7, 11) is -3.55. The van der Waals surface area contributed by atoms with E-state index in [0.717, 1.165) is 18.7 Å². The van der Waals surface area contributed by atoms with Gasteiger partial charge in [0.15, 0.2) is 0 Å². The van der Waals surface area contributed by atoms with Crippen LogP contribution in [0.1, 0.15) is 5.56 Å². The number of morpholine rings is 1. The average Bonchev–Trinajstić information content (AvgIpc) is 2.39. The number of rotatable bonds is 5. The van der Waals surface area contributed by atoms with Gasteiger partial charge in [-0.05, 0) is 24.6 Å². The van der Waals surface area contributed by atoms with Gasteiger partial charge in [0.2, 0.25) is 10.0 Å². The van der Waals surface area contributed by atoms with Crippen LogP contribution in [0.5, 0.6) is 0 Å². The first-order valence-electron chi connectivity index (χ1n) is 6.55. The van der Waals surface area contributed by atoms with Crippen molar-refractivity contribution in [2.24, 2.45) is 0 Å². The largest absolute Gasteiger partial charge is 0.379 e. The molecule has 1 fully saturated rings. The molecule has 0 aromatic heterocycles. The summed E-state index contributed by atoms with van der Waals surface area (Å²) in [6.07, 6.45) is 0. The first kappa shape index (κ1) is 15.7. The van der Waals surface area contributed by atoms with E-state index in [1.165, 1.54) is 6.07 Å². The summed E-state index contributed by atoms with van der Waals surface area (Å²) in [5.74, 6) is 0. The van der Waals surface area contributed by atoms with E-state index in [1.54, 1.807) is 12.1 Å². The van der Waals surface area contributed by atoms with Crippen molar-refractivity contribution in [3.8, 4) is 0 Å². The Kier molecular flexibility index (Phi) is 5.40. The molecule has 1 aliphatic heterocycles. The molecule has 0 amide bonds. The molecule has 0 aliphatic carbocycles. The molecule has 0 spiro atoms. The molecule has 7 heteroatoms. The average molecular weight is 319 g/mol. The van der Waals surface area contributed by atoms with Crippen molar-refractivity contribution < 1.29 is 13.2 Å². The SMILES string of the molecule is Cc1ccc(S(=O)(=O)NCCN2CCOCC2)c(Cl)c1. The quantitative estimate of drug-likeness (QED) is 0.888. The minimum Gasteiger partial charge on any atom is -0.379 e. The second-order valence-electron chi connectivity index (χ2n) is 4.79. The van der Waals surface area contributed by atoms with Crippen molar-refractivity contribution in [2.75, 3.05) is 39.4 Å². The number of sulfonamides is 1. The molecule has 1 aliphatic rings. The van der Waals surface area contributed by atoms with E-state index in [1.807, 2.05) is 6.92 Å². The number of ether oxygens (including phenoxy) is 1. The smallest absolute Gasteiger partial charge is 0.242 e. The molecule has 0 atom stereocenters. The predicted molar refractivity (Wildman–Crippen MR) is 78.6 cm³/mol. The zero-order valence-corrected chi connectivity index (χ0v) is 13.0. The van der Waals surface area contributed by atoms with E-state index in [0.29, 0.717) is 26.3 Å². The Balaban J connectivity index is 1.93. The molecule has 0 unspecified atom stereocenters. The fourth-order valence-electron chi connectivity index (χ4n) is 2.06. The second-order valence-corrected chi connectivity index (χ2v) is 6.93. The minimum absolute atomic E-state index is 0.131. The van der Waals surface area contributed by atoms with Gasteiger partial charge in [0.05, 0.1) is 18.2 Å². The highest BCUT2D eigenvalue weighted by atomic mass is 35.5. The van der Waals surface area contributed by atoms with Crippen LogP contribution in [0.2, 0.25) is 5.02 Å². The summed E-state index contributed by atoms with van der Waals surface area (Å²) in [4.78, 5) is 2.30. The molecule has 1 N–H and O–H groups in total. The summed E-state index contributed by atoms with van der Waals surface area (Å²) in [6.45, 7) is 6.00. The van der Waals surface area contributed by atoms with Gasteiger partial charge in [0.25, 0.3) is 0 Å². The van der Waals surface area contributed by atoms with Gasteiger partial charge < -0.3 is 4.74 Å².